The summed E-state index contributed by atoms with van der Waals surface area (Å²) < 4.78 is 0. The smallest absolute Gasteiger partial charge is 0.296 e. The number of hydrogen-bond donors (Lipinski definition) is 1. The molecule has 2 rings (SSSR count). The highest BCUT2D eigenvalue weighted by molar-refractivity contribution is 9.12. The fraction of sp³-hybridized carbons (Fsp3) is 0.727. The number of carbonyl (C=O) groups excluding carboxylic acids is 1. The molecule has 1 amide bonds. The summed E-state index contributed by atoms with van der Waals surface area (Å²) in [7, 11) is 0. The van der Waals surface area contributed by atoms with Gasteiger partial charge in [0.15, 0.2) is 0 Å². The molecule has 0 aromatic rings. The van der Waals surface area contributed by atoms with Gasteiger partial charge in [0.25, 0.3) is 5.91 Å². The SMILES string of the molecule is O=C(C#CBr)NC1CCN2CCCC2C1. The Labute approximate surface area is 98.7 Å². The van der Waals surface area contributed by atoms with Crippen molar-refractivity contribution in [1.82, 2.24) is 10.2 Å². The largest absolute Gasteiger partial charge is 0.342 e. The van der Waals surface area contributed by atoms with Crippen LogP contribution in [-0.2, 0) is 4.79 Å². The Morgan fingerprint density at radius 3 is 3.07 bits per heavy atom. The average Bonchev–Trinajstić information content (AvgIpc) is 2.65. The predicted octanol–water partition coefficient (Wildman–Crippen LogP) is 1.09. The molecule has 15 heavy (non-hydrogen) atoms. The van der Waals surface area contributed by atoms with Crippen molar-refractivity contribution in [2.75, 3.05) is 13.1 Å². The summed E-state index contributed by atoms with van der Waals surface area (Å²) in [6.45, 7) is 2.36. The molecule has 2 aliphatic rings. The lowest BCUT2D eigenvalue weighted by Gasteiger charge is -2.34. The van der Waals surface area contributed by atoms with Gasteiger partial charge < -0.3 is 10.2 Å². The maximum atomic E-state index is 11.3. The van der Waals surface area contributed by atoms with Crippen molar-refractivity contribution in [2.24, 2.45) is 0 Å². The molecule has 2 fully saturated rings. The quantitative estimate of drug-likeness (QED) is 0.724. The van der Waals surface area contributed by atoms with E-state index in [1.807, 2.05) is 0 Å². The summed E-state index contributed by atoms with van der Waals surface area (Å²) in [6, 6.07) is 1.02. The zero-order valence-electron chi connectivity index (χ0n) is 8.63. The van der Waals surface area contributed by atoms with E-state index in [0.29, 0.717) is 12.1 Å². The third-order valence-corrected chi connectivity index (χ3v) is 3.51. The van der Waals surface area contributed by atoms with E-state index >= 15 is 0 Å². The number of halogens is 1. The van der Waals surface area contributed by atoms with Crippen LogP contribution in [0.25, 0.3) is 0 Å². The van der Waals surface area contributed by atoms with Crippen LogP contribution in [0.4, 0.5) is 0 Å². The first-order valence-electron chi connectivity index (χ1n) is 5.46. The zero-order valence-corrected chi connectivity index (χ0v) is 10.2. The third kappa shape index (κ3) is 2.73. The van der Waals surface area contributed by atoms with Crippen LogP contribution in [-0.4, -0.2) is 36.0 Å². The average molecular weight is 271 g/mol. The lowest BCUT2D eigenvalue weighted by Crippen LogP contribution is -2.47. The van der Waals surface area contributed by atoms with Crippen LogP contribution in [0.15, 0.2) is 0 Å². The van der Waals surface area contributed by atoms with Crippen LogP contribution in [0.1, 0.15) is 25.7 Å². The summed E-state index contributed by atoms with van der Waals surface area (Å²) in [5.41, 5.74) is 0. The highest BCUT2D eigenvalue weighted by Gasteiger charge is 2.31. The van der Waals surface area contributed by atoms with Crippen molar-refractivity contribution >= 4 is 21.8 Å². The predicted molar refractivity (Wildman–Crippen MR) is 62.5 cm³/mol. The van der Waals surface area contributed by atoms with Gasteiger partial charge in [0.2, 0.25) is 0 Å². The van der Waals surface area contributed by atoms with Gasteiger partial charge in [-0.1, -0.05) is 0 Å². The number of rotatable bonds is 1. The van der Waals surface area contributed by atoms with Gasteiger partial charge >= 0.3 is 0 Å². The highest BCUT2D eigenvalue weighted by Crippen LogP contribution is 2.26. The van der Waals surface area contributed by atoms with E-state index in [9.17, 15) is 4.79 Å². The van der Waals surface area contributed by atoms with Crippen molar-refractivity contribution in [3.05, 3.63) is 0 Å². The van der Waals surface area contributed by atoms with E-state index in [1.54, 1.807) is 0 Å². The maximum Gasteiger partial charge on any atom is 0.296 e. The molecule has 0 saturated carbocycles. The summed E-state index contributed by atoms with van der Waals surface area (Å²) in [5, 5.41) is 2.96. The van der Waals surface area contributed by atoms with Crippen LogP contribution in [0.5, 0.6) is 0 Å². The number of fused-ring (bicyclic) bond motifs is 1. The molecule has 0 bridgehead atoms. The Hall–Kier alpha value is -0.530. The molecule has 0 aromatic carbocycles. The molecule has 2 atom stereocenters. The molecule has 2 heterocycles. The second-order valence-electron chi connectivity index (χ2n) is 4.25. The molecule has 2 unspecified atom stereocenters. The van der Waals surface area contributed by atoms with Crippen molar-refractivity contribution in [3.63, 3.8) is 0 Å². The number of amides is 1. The fourth-order valence-corrected chi connectivity index (χ4v) is 2.80. The number of nitrogens with zero attached hydrogens (tertiary/aromatic N) is 1. The molecular formula is C11H15BrN2O. The molecule has 3 nitrogen and oxygen atoms in total. The fourth-order valence-electron chi connectivity index (χ4n) is 2.62. The molecule has 4 heteroatoms. The molecule has 0 aliphatic carbocycles. The summed E-state index contributed by atoms with van der Waals surface area (Å²) >= 11 is 2.93. The molecule has 1 N–H and O–H groups in total. The number of nitrogens with one attached hydrogen (secondary N) is 1. The van der Waals surface area contributed by atoms with Crippen molar-refractivity contribution in [3.8, 4) is 10.8 Å². The molecule has 0 spiro atoms. The van der Waals surface area contributed by atoms with Gasteiger partial charge in [-0.2, -0.15) is 0 Å². The summed E-state index contributed by atoms with van der Waals surface area (Å²) in [6.07, 6.45) is 4.75. The van der Waals surface area contributed by atoms with Crippen LogP contribution in [0.3, 0.4) is 0 Å². The minimum atomic E-state index is -0.164. The van der Waals surface area contributed by atoms with Gasteiger partial charge in [-0.05, 0) is 37.1 Å². The third-order valence-electron chi connectivity index (χ3n) is 3.32. The van der Waals surface area contributed by atoms with E-state index in [0.717, 1.165) is 19.4 Å². The van der Waals surface area contributed by atoms with E-state index in [1.165, 1.54) is 19.4 Å². The second kappa shape index (κ2) is 5.00. The summed E-state index contributed by atoms with van der Waals surface area (Å²) in [4.78, 5) is 16.3. The Kier molecular flexibility index (Phi) is 3.66. The van der Waals surface area contributed by atoms with Crippen LogP contribution in [0, 0.1) is 10.8 Å². The molecule has 0 aromatic heterocycles. The van der Waals surface area contributed by atoms with Crippen LogP contribution < -0.4 is 5.32 Å². The highest BCUT2D eigenvalue weighted by atomic mass is 79.9. The van der Waals surface area contributed by atoms with Gasteiger partial charge in [-0.3, -0.25) is 4.79 Å². The first kappa shape index (κ1) is 11.0. The lowest BCUT2D eigenvalue weighted by atomic mass is 9.97. The minimum absolute atomic E-state index is 0.164. The first-order valence-corrected chi connectivity index (χ1v) is 6.25. The minimum Gasteiger partial charge on any atom is -0.342 e. The van der Waals surface area contributed by atoms with Crippen molar-refractivity contribution in [2.45, 2.75) is 37.8 Å². The van der Waals surface area contributed by atoms with Crippen molar-refractivity contribution < 1.29 is 4.79 Å². The van der Waals surface area contributed by atoms with Crippen molar-refractivity contribution in [1.29, 1.82) is 0 Å². The monoisotopic (exact) mass is 270 g/mol. The first-order chi connectivity index (χ1) is 7.29. The Morgan fingerprint density at radius 2 is 2.27 bits per heavy atom. The van der Waals surface area contributed by atoms with E-state index < -0.39 is 0 Å². The maximum absolute atomic E-state index is 11.3. The van der Waals surface area contributed by atoms with Crippen LogP contribution in [0.2, 0.25) is 0 Å². The molecule has 2 aliphatic heterocycles. The van der Waals surface area contributed by atoms with Gasteiger partial charge in [0.1, 0.15) is 0 Å². The molecule has 2 saturated heterocycles. The number of carbonyl (C=O) groups is 1. The van der Waals surface area contributed by atoms with Gasteiger partial charge in [0, 0.05) is 40.5 Å². The second-order valence-corrected chi connectivity index (χ2v) is 4.64. The normalized spacial score (nSPS) is 30.2. The van der Waals surface area contributed by atoms with Gasteiger partial charge in [0.05, 0.1) is 0 Å². The Morgan fingerprint density at radius 1 is 1.40 bits per heavy atom. The van der Waals surface area contributed by atoms with Gasteiger partial charge in [-0.15, -0.1) is 0 Å². The molecule has 82 valence electrons. The Bertz CT molecular complexity index is 307. The summed E-state index contributed by atoms with van der Waals surface area (Å²) in [5.74, 6) is 2.29. The van der Waals surface area contributed by atoms with Gasteiger partial charge in [-0.25, -0.2) is 0 Å². The van der Waals surface area contributed by atoms with E-state index in [2.05, 4.69) is 36.9 Å². The molecular weight excluding hydrogens is 256 g/mol. The Balaban J connectivity index is 1.84. The lowest BCUT2D eigenvalue weighted by molar-refractivity contribution is -0.116. The molecule has 0 radical (unpaired) electrons. The van der Waals surface area contributed by atoms with Crippen LogP contribution >= 0.6 is 15.9 Å². The number of piperidine rings is 1. The topological polar surface area (TPSA) is 32.3 Å². The zero-order chi connectivity index (χ0) is 10.7. The van der Waals surface area contributed by atoms with E-state index in [-0.39, 0.29) is 5.91 Å². The number of hydrogen-bond acceptors (Lipinski definition) is 2. The standard InChI is InChI=1S/C11H15BrN2O/c12-5-3-11(15)13-9-4-7-14-6-1-2-10(14)8-9/h9-10H,1-2,4,6-8H2,(H,13,15). The van der Waals surface area contributed by atoms with E-state index in [4.69, 9.17) is 0 Å².